The first-order valence-electron chi connectivity index (χ1n) is 11.1. The molecule has 6 heteroatoms. The van der Waals surface area contributed by atoms with Crippen molar-refractivity contribution in [3.8, 4) is 0 Å². The molecule has 0 bridgehead atoms. The molecule has 1 aromatic rings. The van der Waals surface area contributed by atoms with Gasteiger partial charge in [0.25, 0.3) is 0 Å². The highest BCUT2D eigenvalue weighted by Crippen LogP contribution is 2.11. The molecule has 2 aliphatic rings. The number of piperazine rings is 1. The standard InChI is InChI=1S/C23H36N4O2/c1-3-10-27(17-21-8-6-20(2)7-9-21)23(29)19-25-15-13-24(14-16-25)18-22(28)26-11-4-5-12-26/h6-9H,3-5,10-19H2,1-2H3. The van der Waals surface area contributed by atoms with Gasteiger partial charge in [0.15, 0.2) is 0 Å². The predicted molar refractivity (Wildman–Crippen MR) is 116 cm³/mol. The predicted octanol–water partition coefficient (Wildman–Crippen LogP) is 1.97. The van der Waals surface area contributed by atoms with Crippen LogP contribution >= 0.6 is 0 Å². The molecule has 3 rings (SSSR count). The number of hydrogen-bond donors (Lipinski definition) is 0. The van der Waals surface area contributed by atoms with Crippen LogP contribution in [0.5, 0.6) is 0 Å². The molecule has 0 saturated carbocycles. The second-order valence-corrected chi connectivity index (χ2v) is 8.44. The van der Waals surface area contributed by atoms with E-state index in [0.29, 0.717) is 19.6 Å². The number of hydrogen-bond acceptors (Lipinski definition) is 4. The maximum absolute atomic E-state index is 12.9. The van der Waals surface area contributed by atoms with Crippen LogP contribution in [0.25, 0.3) is 0 Å². The number of rotatable bonds is 8. The fourth-order valence-corrected chi connectivity index (χ4v) is 4.13. The van der Waals surface area contributed by atoms with E-state index in [2.05, 4.69) is 47.9 Å². The lowest BCUT2D eigenvalue weighted by Gasteiger charge is -2.35. The van der Waals surface area contributed by atoms with Gasteiger partial charge in [-0.15, -0.1) is 0 Å². The number of carbonyl (C=O) groups is 2. The molecule has 2 heterocycles. The minimum Gasteiger partial charge on any atom is -0.342 e. The summed E-state index contributed by atoms with van der Waals surface area (Å²) < 4.78 is 0. The lowest BCUT2D eigenvalue weighted by Crippen LogP contribution is -2.52. The first-order valence-corrected chi connectivity index (χ1v) is 11.1. The smallest absolute Gasteiger partial charge is 0.237 e. The van der Waals surface area contributed by atoms with E-state index in [-0.39, 0.29) is 11.8 Å². The number of likely N-dealkylation sites (tertiary alicyclic amines) is 1. The van der Waals surface area contributed by atoms with Gasteiger partial charge in [-0.2, -0.15) is 0 Å². The average Bonchev–Trinajstić information content (AvgIpc) is 3.26. The molecular formula is C23H36N4O2. The van der Waals surface area contributed by atoms with E-state index in [1.54, 1.807) is 0 Å². The maximum Gasteiger partial charge on any atom is 0.237 e. The van der Waals surface area contributed by atoms with E-state index in [1.807, 2.05) is 9.80 Å². The van der Waals surface area contributed by atoms with Gasteiger partial charge in [-0.1, -0.05) is 36.8 Å². The number of amides is 2. The molecule has 2 saturated heterocycles. The Labute approximate surface area is 175 Å². The van der Waals surface area contributed by atoms with Crippen molar-refractivity contribution in [1.82, 2.24) is 19.6 Å². The van der Waals surface area contributed by atoms with Gasteiger partial charge in [-0.05, 0) is 31.7 Å². The lowest BCUT2D eigenvalue weighted by atomic mass is 10.1. The van der Waals surface area contributed by atoms with Gasteiger partial charge in [0, 0.05) is 52.4 Å². The molecule has 0 spiro atoms. The summed E-state index contributed by atoms with van der Waals surface area (Å²) in [6, 6.07) is 8.43. The molecule has 0 radical (unpaired) electrons. The quantitative estimate of drug-likeness (QED) is 0.669. The summed E-state index contributed by atoms with van der Waals surface area (Å²) in [6.07, 6.45) is 3.24. The Morgan fingerprint density at radius 1 is 0.897 bits per heavy atom. The number of aryl methyl sites for hydroxylation is 1. The number of nitrogens with zero attached hydrogens (tertiary/aromatic N) is 4. The SMILES string of the molecule is CCCN(Cc1ccc(C)cc1)C(=O)CN1CCN(CC(=O)N2CCCC2)CC1. The van der Waals surface area contributed by atoms with Crippen LogP contribution in [-0.4, -0.2) is 90.3 Å². The Bertz CT molecular complexity index is 662. The van der Waals surface area contributed by atoms with E-state index >= 15 is 0 Å². The van der Waals surface area contributed by atoms with Crippen molar-refractivity contribution in [3.05, 3.63) is 35.4 Å². The van der Waals surface area contributed by atoms with Gasteiger partial charge in [0.05, 0.1) is 13.1 Å². The van der Waals surface area contributed by atoms with Crippen molar-refractivity contribution in [3.63, 3.8) is 0 Å². The van der Waals surface area contributed by atoms with Crippen LogP contribution in [0.15, 0.2) is 24.3 Å². The Balaban J connectivity index is 1.44. The lowest BCUT2D eigenvalue weighted by molar-refractivity contribution is -0.135. The second-order valence-electron chi connectivity index (χ2n) is 8.44. The molecule has 0 N–H and O–H groups in total. The molecule has 0 atom stereocenters. The molecule has 2 aliphatic heterocycles. The summed E-state index contributed by atoms with van der Waals surface area (Å²) in [4.78, 5) is 33.7. The summed E-state index contributed by atoms with van der Waals surface area (Å²) >= 11 is 0. The van der Waals surface area contributed by atoms with Crippen molar-refractivity contribution in [2.45, 2.75) is 39.7 Å². The van der Waals surface area contributed by atoms with Crippen molar-refractivity contribution >= 4 is 11.8 Å². The highest BCUT2D eigenvalue weighted by molar-refractivity contribution is 5.79. The molecular weight excluding hydrogens is 364 g/mol. The third kappa shape index (κ3) is 6.54. The van der Waals surface area contributed by atoms with Gasteiger partial charge < -0.3 is 9.80 Å². The van der Waals surface area contributed by atoms with Gasteiger partial charge >= 0.3 is 0 Å². The normalized spacial score (nSPS) is 18.2. The van der Waals surface area contributed by atoms with E-state index in [9.17, 15) is 9.59 Å². The van der Waals surface area contributed by atoms with Crippen LogP contribution in [0.1, 0.15) is 37.3 Å². The third-order valence-electron chi connectivity index (χ3n) is 5.98. The van der Waals surface area contributed by atoms with E-state index < -0.39 is 0 Å². The summed E-state index contributed by atoms with van der Waals surface area (Å²) in [5.74, 6) is 0.466. The van der Waals surface area contributed by atoms with E-state index in [4.69, 9.17) is 0 Å². The molecule has 6 nitrogen and oxygen atoms in total. The van der Waals surface area contributed by atoms with Crippen LogP contribution in [0.2, 0.25) is 0 Å². The number of benzene rings is 1. The maximum atomic E-state index is 12.9. The van der Waals surface area contributed by atoms with Crippen LogP contribution in [0, 0.1) is 6.92 Å². The summed E-state index contributed by atoms with van der Waals surface area (Å²) in [5.41, 5.74) is 2.42. The summed E-state index contributed by atoms with van der Waals surface area (Å²) in [7, 11) is 0. The first kappa shape index (κ1) is 21.8. The molecule has 160 valence electrons. The van der Waals surface area contributed by atoms with Crippen molar-refractivity contribution < 1.29 is 9.59 Å². The van der Waals surface area contributed by atoms with Crippen LogP contribution in [0.3, 0.4) is 0 Å². The topological polar surface area (TPSA) is 47.1 Å². The monoisotopic (exact) mass is 400 g/mol. The van der Waals surface area contributed by atoms with E-state index in [1.165, 1.54) is 11.1 Å². The average molecular weight is 401 g/mol. The molecule has 1 aromatic carbocycles. The number of carbonyl (C=O) groups excluding carboxylic acids is 2. The highest BCUT2D eigenvalue weighted by atomic mass is 16.2. The largest absolute Gasteiger partial charge is 0.342 e. The van der Waals surface area contributed by atoms with Crippen molar-refractivity contribution in [2.24, 2.45) is 0 Å². The Hall–Kier alpha value is -1.92. The molecule has 0 unspecified atom stereocenters. The zero-order chi connectivity index (χ0) is 20.6. The molecule has 0 aliphatic carbocycles. The molecule has 29 heavy (non-hydrogen) atoms. The Morgan fingerprint density at radius 2 is 1.48 bits per heavy atom. The highest BCUT2D eigenvalue weighted by Gasteiger charge is 2.25. The van der Waals surface area contributed by atoms with Gasteiger partial charge in [0.2, 0.25) is 11.8 Å². The van der Waals surface area contributed by atoms with Gasteiger partial charge in [-0.25, -0.2) is 0 Å². The van der Waals surface area contributed by atoms with Crippen LogP contribution < -0.4 is 0 Å². The van der Waals surface area contributed by atoms with Crippen molar-refractivity contribution in [2.75, 3.05) is 58.9 Å². The Kier molecular flexibility index (Phi) is 8.07. The second kappa shape index (κ2) is 10.7. The van der Waals surface area contributed by atoms with Gasteiger partial charge in [-0.3, -0.25) is 19.4 Å². The zero-order valence-corrected chi connectivity index (χ0v) is 18.1. The fourth-order valence-electron chi connectivity index (χ4n) is 4.13. The first-order chi connectivity index (χ1) is 14.0. The van der Waals surface area contributed by atoms with Crippen molar-refractivity contribution in [1.29, 1.82) is 0 Å². The molecule has 2 fully saturated rings. The van der Waals surface area contributed by atoms with Crippen LogP contribution in [-0.2, 0) is 16.1 Å². The van der Waals surface area contributed by atoms with Crippen LogP contribution in [0.4, 0.5) is 0 Å². The molecule has 0 aromatic heterocycles. The summed E-state index contributed by atoms with van der Waals surface area (Å²) in [5, 5.41) is 0. The fraction of sp³-hybridized carbons (Fsp3) is 0.652. The summed E-state index contributed by atoms with van der Waals surface area (Å²) in [6.45, 7) is 11.9. The van der Waals surface area contributed by atoms with Gasteiger partial charge in [0.1, 0.15) is 0 Å². The Morgan fingerprint density at radius 3 is 2.07 bits per heavy atom. The minimum atomic E-state index is 0.203. The van der Waals surface area contributed by atoms with E-state index in [0.717, 1.165) is 65.1 Å². The zero-order valence-electron chi connectivity index (χ0n) is 18.1. The molecule has 2 amide bonds. The third-order valence-corrected chi connectivity index (χ3v) is 5.98. The minimum absolute atomic E-state index is 0.203.